The number of sulfonamides is 1. The molecule has 20 heavy (non-hydrogen) atoms. The van der Waals surface area contributed by atoms with Gasteiger partial charge in [-0.1, -0.05) is 45.2 Å². The first-order valence-electron chi connectivity index (χ1n) is 7.14. The maximum Gasteiger partial charge on any atom is 0.240 e. The summed E-state index contributed by atoms with van der Waals surface area (Å²) in [6.45, 7) is 4.31. The lowest BCUT2D eigenvalue weighted by molar-refractivity contribution is 0.0988. The fraction of sp³-hybridized carbons (Fsp3) is 0.533. The Morgan fingerprint density at radius 2 is 1.90 bits per heavy atom. The Kier molecular flexibility index (Phi) is 6.88. The largest absolute Gasteiger partial charge is 0.294 e. The first-order valence-corrected chi connectivity index (χ1v) is 8.62. The van der Waals surface area contributed by atoms with Crippen LogP contribution < -0.4 is 4.72 Å². The zero-order valence-corrected chi connectivity index (χ0v) is 13.0. The van der Waals surface area contributed by atoms with Gasteiger partial charge in [-0.05, 0) is 18.6 Å². The van der Waals surface area contributed by atoms with Crippen molar-refractivity contribution in [2.45, 2.75) is 50.8 Å². The Morgan fingerprint density at radius 1 is 1.15 bits per heavy atom. The van der Waals surface area contributed by atoms with Crippen LogP contribution in [0.2, 0.25) is 0 Å². The van der Waals surface area contributed by atoms with E-state index in [4.69, 9.17) is 0 Å². The van der Waals surface area contributed by atoms with E-state index in [-0.39, 0.29) is 10.7 Å². The van der Waals surface area contributed by atoms with Gasteiger partial charge in [0.25, 0.3) is 0 Å². The SMILES string of the molecule is CCCCCCNS(=O)(=O)c1cccc(C(=O)CC)c1. The Bertz CT molecular complexity index is 538. The van der Waals surface area contributed by atoms with Gasteiger partial charge < -0.3 is 0 Å². The summed E-state index contributed by atoms with van der Waals surface area (Å²) in [5.41, 5.74) is 0.446. The third-order valence-corrected chi connectivity index (χ3v) is 4.57. The molecule has 0 bridgehead atoms. The van der Waals surface area contributed by atoms with Crippen LogP contribution in [-0.2, 0) is 10.0 Å². The van der Waals surface area contributed by atoms with E-state index in [0.717, 1.165) is 25.7 Å². The highest BCUT2D eigenvalue weighted by Gasteiger charge is 2.15. The van der Waals surface area contributed by atoms with Gasteiger partial charge in [0.1, 0.15) is 0 Å². The third kappa shape index (κ3) is 5.06. The first-order chi connectivity index (χ1) is 9.51. The van der Waals surface area contributed by atoms with Gasteiger partial charge in [-0.2, -0.15) is 0 Å². The molecule has 0 aliphatic heterocycles. The van der Waals surface area contributed by atoms with E-state index in [1.165, 1.54) is 12.1 Å². The van der Waals surface area contributed by atoms with E-state index in [1.807, 2.05) is 0 Å². The summed E-state index contributed by atoms with van der Waals surface area (Å²) in [4.78, 5) is 11.8. The van der Waals surface area contributed by atoms with Gasteiger partial charge in [0.15, 0.2) is 5.78 Å². The highest BCUT2D eigenvalue weighted by atomic mass is 32.2. The number of unbranched alkanes of at least 4 members (excludes halogenated alkanes) is 3. The Labute approximate surface area is 121 Å². The van der Waals surface area contributed by atoms with Crippen LogP contribution >= 0.6 is 0 Å². The van der Waals surface area contributed by atoms with E-state index in [2.05, 4.69) is 11.6 Å². The molecule has 0 unspecified atom stereocenters. The van der Waals surface area contributed by atoms with Crippen molar-refractivity contribution in [3.63, 3.8) is 0 Å². The summed E-state index contributed by atoms with van der Waals surface area (Å²) in [5.74, 6) is -0.0509. The molecule has 1 aromatic rings. The molecule has 0 radical (unpaired) electrons. The molecule has 1 rings (SSSR count). The van der Waals surface area contributed by atoms with Crippen molar-refractivity contribution in [3.8, 4) is 0 Å². The molecule has 0 fully saturated rings. The minimum Gasteiger partial charge on any atom is -0.294 e. The molecule has 5 heteroatoms. The summed E-state index contributed by atoms with van der Waals surface area (Å²) in [5, 5.41) is 0. The second kappa shape index (κ2) is 8.17. The van der Waals surface area contributed by atoms with Gasteiger partial charge >= 0.3 is 0 Å². The minimum absolute atomic E-state index is 0.0509. The Morgan fingerprint density at radius 3 is 2.55 bits per heavy atom. The van der Waals surface area contributed by atoms with Crippen LogP contribution in [-0.4, -0.2) is 20.7 Å². The van der Waals surface area contributed by atoms with Crippen molar-refractivity contribution in [3.05, 3.63) is 29.8 Å². The maximum atomic E-state index is 12.1. The Balaban J connectivity index is 2.70. The molecule has 1 N–H and O–H groups in total. The molecule has 4 nitrogen and oxygen atoms in total. The van der Waals surface area contributed by atoms with Gasteiger partial charge in [-0.25, -0.2) is 13.1 Å². The predicted octanol–water partition coefficient (Wildman–Crippen LogP) is 3.14. The molecule has 0 spiro atoms. The molecule has 0 aromatic heterocycles. The molecular formula is C15H23NO3S. The van der Waals surface area contributed by atoms with Crippen LogP contribution in [0.3, 0.4) is 0 Å². The summed E-state index contributed by atoms with van der Waals surface area (Å²) < 4.78 is 26.8. The lowest BCUT2D eigenvalue weighted by atomic mass is 10.1. The van der Waals surface area contributed by atoms with Crippen molar-refractivity contribution in [1.82, 2.24) is 4.72 Å². The fourth-order valence-corrected chi connectivity index (χ4v) is 3.00. The molecule has 0 saturated carbocycles. The zero-order chi connectivity index (χ0) is 15.0. The van der Waals surface area contributed by atoms with E-state index in [1.54, 1.807) is 19.1 Å². The van der Waals surface area contributed by atoms with E-state index < -0.39 is 10.0 Å². The van der Waals surface area contributed by atoms with E-state index in [9.17, 15) is 13.2 Å². The van der Waals surface area contributed by atoms with Crippen molar-refractivity contribution in [2.24, 2.45) is 0 Å². The molecule has 0 saturated heterocycles. The topological polar surface area (TPSA) is 63.2 Å². The standard InChI is InChI=1S/C15H23NO3S/c1-3-5-6-7-11-16-20(18,19)14-10-8-9-13(12-14)15(17)4-2/h8-10,12,16H,3-7,11H2,1-2H3. The number of nitrogens with one attached hydrogen (secondary N) is 1. The number of carbonyl (C=O) groups excluding carboxylic acids is 1. The number of Topliss-reactive ketones (excluding diaryl/α,β-unsaturated/α-hetero) is 1. The van der Waals surface area contributed by atoms with Gasteiger partial charge in [0.05, 0.1) is 4.90 Å². The summed E-state index contributed by atoms with van der Waals surface area (Å²) >= 11 is 0. The van der Waals surface area contributed by atoms with Gasteiger partial charge in [0, 0.05) is 18.5 Å². The van der Waals surface area contributed by atoms with Crippen molar-refractivity contribution in [1.29, 1.82) is 0 Å². The number of ketones is 1. The molecule has 0 atom stereocenters. The highest BCUT2D eigenvalue weighted by Crippen LogP contribution is 2.13. The summed E-state index contributed by atoms with van der Waals surface area (Å²) in [6, 6.07) is 6.21. The van der Waals surface area contributed by atoms with Crippen molar-refractivity contribution >= 4 is 15.8 Å². The molecule has 0 heterocycles. The Hall–Kier alpha value is -1.20. The number of hydrogen-bond acceptors (Lipinski definition) is 3. The number of rotatable bonds is 9. The quantitative estimate of drug-likeness (QED) is 0.562. The van der Waals surface area contributed by atoms with Gasteiger partial charge in [-0.3, -0.25) is 4.79 Å². The monoisotopic (exact) mass is 297 g/mol. The average molecular weight is 297 g/mol. The summed E-state index contributed by atoms with van der Waals surface area (Å²) in [7, 11) is -3.51. The van der Waals surface area contributed by atoms with Crippen LogP contribution in [0.5, 0.6) is 0 Å². The fourth-order valence-electron chi connectivity index (χ4n) is 1.88. The molecule has 0 aliphatic carbocycles. The maximum absolute atomic E-state index is 12.1. The van der Waals surface area contributed by atoms with Crippen molar-refractivity contribution in [2.75, 3.05) is 6.54 Å². The number of benzene rings is 1. The average Bonchev–Trinajstić information content (AvgIpc) is 2.46. The molecule has 0 aliphatic rings. The highest BCUT2D eigenvalue weighted by molar-refractivity contribution is 7.89. The second-order valence-corrected chi connectivity index (χ2v) is 6.53. The molecule has 112 valence electrons. The third-order valence-electron chi connectivity index (χ3n) is 3.11. The number of carbonyl (C=O) groups is 1. The normalized spacial score (nSPS) is 11.5. The van der Waals surface area contributed by atoms with Crippen LogP contribution in [0.1, 0.15) is 56.3 Å². The van der Waals surface area contributed by atoms with Gasteiger partial charge in [-0.15, -0.1) is 0 Å². The molecule has 1 aromatic carbocycles. The van der Waals surface area contributed by atoms with Gasteiger partial charge in [0.2, 0.25) is 10.0 Å². The van der Waals surface area contributed by atoms with Crippen LogP contribution in [0.4, 0.5) is 0 Å². The van der Waals surface area contributed by atoms with Crippen LogP contribution in [0.25, 0.3) is 0 Å². The first kappa shape index (κ1) is 16.9. The smallest absolute Gasteiger partial charge is 0.240 e. The van der Waals surface area contributed by atoms with E-state index >= 15 is 0 Å². The number of hydrogen-bond donors (Lipinski definition) is 1. The lowest BCUT2D eigenvalue weighted by Gasteiger charge is -2.07. The minimum atomic E-state index is -3.51. The molecule has 0 amide bonds. The summed E-state index contributed by atoms with van der Waals surface area (Å²) in [6.07, 6.45) is 4.46. The second-order valence-electron chi connectivity index (χ2n) is 4.76. The zero-order valence-electron chi connectivity index (χ0n) is 12.2. The van der Waals surface area contributed by atoms with Crippen LogP contribution in [0.15, 0.2) is 29.2 Å². The molecular weight excluding hydrogens is 274 g/mol. The van der Waals surface area contributed by atoms with E-state index in [0.29, 0.717) is 18.5 Å². The van der Waals surface area contributed by atoms with Crippen molar-refractivity contribution < 1.29 is 13.2 Å². The van der Waals surface area contributed by atoms with Crippen LogP contribution in [0, 0.1) is 0 Å². The lowest BCUT2D eigenvalue weighted by Crippen LogP contribution is -2.25. The predicted molar refractivity (Wildman–Crippen MR) is 80.4 cm³/mol.